The van der Waals surface area contributed by atoms with E-state index in [0.29, 0.717) is 17.3 Å². The van der Waals surface area contributed by atoms with Crippen LogP contribution in [0.25, 0.3) is 0 Å². The molecule has 1 aromatic heterocycles. The lowest BCUT2D eigenvalue weighted by atomic mass is 9.82. The molecule has 1 aliphatic carbocycles. The minimum absolute atomic E-state index is 0.0209. The molecule has 0 aliphatic heterocycles. The Morgan fingerprint density at radius 1 is 1.30 bits per heavy atom. The van der Waals surface area contributed by atoms with Crippen LogP contribution in [0.2, 0.25) is 0 Å². The maximum Gasteiger partial charge on any atom is 0.358 e. The van der Waals surface area contributed by atoms with Crippen molar-refractivity contribution in [3.05, 3.63) is 11.4 Å². The highest BCUT2D eigenvalue weighted by atomic mass is 16.4. The number of nitrogens with one attached hydrogen (secondary N) is 1. The van der Waals surface area contributed by atoms with Crippen LogP contribution in [0.5, 0.6) is 0 Å². The van der Waals surface area contributed by atoms with Gasteiger partial charge in [0.15, 0.2) is 5.69 Å². The number of aromatic carboxylic acids is 1. The highest BCUT2D eigenvalue weighted by Crippen LogP contribution is 2.30. The van der Waals surface area contributed by atoms with Gasteiger partial charge in [-0.3, -0.25) is 9.48 Å². The maximum atomic E-state index is 12.3. The van der Waals surface area contributed by atoms with Gasteiger partial charge in [0.05, 0.1) is 11.4 Å². The summed E-state index contributed by atoms with van der Waals surface area (Å²) in [5.74, 6) is -0.557. The Balaban J connectivity index is 2.13. The first kappa shape index (κ1) is 14.6. The van der Waals surface area contributed by atoms with Crippen molar-refractivity contribution in [2.24, 2.45) is 18.9 Å². The minimum atomic E-state index is -1.12. The van der Waals surface area contributed by atoms with Crippen LogP contribution in [0.4, 0.5) is 5.69 Å². The van der Waals surface area contributed by atoms with E-state index in [1.165, 1.54) is 4.68 Å². The predicted octanol–water partition coefficient (Wildman–Crippen LogP) is 2.19. The van der Waals surface area contributed by atoms with Crippen molar-refractivity contribution < 1.29 is 14.7 Å². The Bertz CT molecular complexity index is 528. The quantitative estimate of drug-likeness (QED) is 0.888. The Hall–Kier alpha value is -1.85. The summed E-state index contributed by atoms with van der Waals surface area (Å²) in [6, 6.07) is 0. The van der Waals surface area contributed by atoms with Crippen molar-refractivity contribution in [1.82, 2.24) is 9.78 Å². The Labute approximate surface area is 118 Å². The van der Waals surface area contributed by atoms with E-state index < -0.39 is 5.97 Å². The smallest absolute Gasteiger partial charge is 0.358 e. The fraction of sp³-hybridized carbons (Fsp3) is 0.643. The lowest BCUT2D eigenvalue weighted by Crippen LogP contribution is -2.27. The van der Waals surface area contributed by atoms with Crippen LogP contribution in [-0.2, 0) is 11.8 Å². The van der Waals surface area contributed by atoms with E-state index in [9.17, 15) is 9.59 Å². The van der Waals surface area contributed by atoms with Crippen molar-refractivity contribution in [2.75, 3.05) is 5.32 Å². The molecular formula is C14H21N3O3. The molecule has 20 heavy (non-hydrogen) atoms. The number of carbonyl (C=O) groups is 2. The molecule has 1 amide bonds. The highest BCUT2D eigenvalue weighted by molar-refractivity contribution is 6.00. The molecule has 2 rings (SSSR count). The monoisotopic (exact) mass is 279 g/mol. The van der Waals surface area contributed by atoms with Gasteiger partial charge in [-0.05, 0) is 38.5 Å². The summed E-state index contributed by atoms with van der Waals surface area (Å²) < 4.78 is 1.47. The average Bonchev–Trinajstić information content (AvgIpc) is 2.68. The Kier molecular flexibility index (Phi) is 4.11. The third-order valence-corrected chi connectivity index (χ3v) is 4.17. The molecular weight excluding hydrogens is 258 g/mol. The van der Waals surface area contributed by atoms with Gasteiger partial charge in [-0.1, -0.05) is 6.92 Å². The molecule has 0 bridgehead atoms. The molecule has 2 N–H and O–H groups in total. The molecule has 0 atom stereocenters. The highest BCUT2D eigenvalue weighted by Gasteiger charge is 2.27. The number of rotatable bonds is 3. The largest absolute Gasteiger partial charge is 0.476 e. The van der Waals surface area contributed by atoms with Gasteiger partial charge in [-0.2, -0.15) is 5.10 Å². The van der Waals surface area contributed by atoms with E-state index >= 15 is 0 Å². The normalized spacial score (nSPS) is 22.6. The van der Waals surface area contributed by atoms with Crippen LogP contribution >= 0.6 is 0 Å². The van der Waals surface area contributed by atoms with Crippen molar-refractivity contribution in [3.63, 3.8) is 0 Å². The summed E-state index contributed by atoms with van der Waals surface area (Å²) >= 11 is 0. The van der Waals surface area contributed by atoms with E-state index in [0.717, 1.165) is 25.7 Å². The van der Waals surface area contributed by atoms with Gasteiger partial charge in [0, 0.05) is 13.0 Å². The second-order valence-electron chi connectivity index (χ2n) is 5.68. The third-order valence-electron chi connectivity index (χ3n) is 4.17. The number of amides is 1. The van der Waals surface area contributed by atoms with Gasteiger partial charge in [0.2, 0.25) is 5.91 Å². The number of carboxylic acid groups (broad SMARTS) is 1. The number of aryl methyl sites for hydroxylation is 1. The number of carbonyl (C=O) groups excluding carboxylic acids is 1. The topological polar surface area (TPSA) is 84.2 Å². The van der Waals surface area contributed by atoms with Gasteiger partial charge >= 0.3 is 5.97 Å². The summed E-state index contributed by atoms with van der Waals surface area (Å²) in [4.78, 5) is 23.4. The van der Waals surface area contributed by atoms with Gasteiger partial charge < -0.3 is 10.4 Å². The van der Waals surface area contributed by atoms with Gasteiger partial charge in [0.25, 0.3) is 0 Å². The lowest BCUT2D eigenvalue weighted by molar-refractivity contribution is -0.121. The molecule has 6 nitrogen and oxygen atoms in total. The third kappa shape index (κ3) is 2.84. The summed E-state index contributed by atoms with van der Waals surface area (Å²) in [5, 5.41) is 15.8. The molecule has 0 spiro atoms. The molecule has 6 heteroatoms. The average molecular weight is 279 g/mol. The molecule has 1 aliphatic rings. The molecule has 1 saturated carbocycles. The standard InChI is InChI=1S/C14H21N3O3/c1-8-4-6-10(7-5-8)13(18)15-11-9(2)17(3)16-12(11)14(19)20/h8,10H,4-7H2,1-3H3,(H,15,18)(H,19,20). The van der Waals surface area contributed by atoms with Crippen molar-refractivity contribution in [1.29, 1.82) is 0 Å². The van der Waals surface area contributed by atoms with E-state index in [4.69, 9.17) is 5.11 Å². The van der Waals surface area contributed by atoms with Gasteiger partial charge in [-0.15, -0.1) is 0 Å². The maximum absolute atomic E-state index is 12.3. The van der Waals surface area contributed by atoms with Gasteiger partial charge in [0.1, 0.15) is 0 Å². The molecule has 0 saturated heterocycles. The van der Waals surface area contributed by atoms with Crippen LogP contribution in [0, 0.1) is 18.8 Å². The van der Waals surface area contributed by atoms with Crippen LogP contribution in [0.3, 0.4) is 0 Å². The fourth-order valence-electron chi connectivity index (χ4n) is 2.66. The zero-order valence-electron chi connectivity index (χ0n) is 12.1. The second-order valence-corrected chi connectivity index (χ2v) is 5.68. The van der Waals surface area contributed by atoms with Crippen molar-refractivity contribution in [2.45, 2.75) is 39.5 Å². The van der Waals surface area contributed by atoms with E-state index in [-0.39, 0.29) is 17.5 Å². The molecule has 0 aromatic carbocycles. The first-order valence-corrected chi connectivity index (χ1v) is 6.98. The van der Waals surface area contributed by atoms with Crippen molar-refractivity contribution >= 4 is 17.6 Å². The van der Waals surface area contributed by atoms with Crippen LogP contribution in [-0.4, -0.2) is 26.8 Å². The first-order valence-electron chi connectivity index (χ1n) is 6.98. The summed E-state index contributed by atoms with van der Waals surface area (Å²) in [5.41, 5.74) is 0.881. The summed E-state index contributed by atoms with van der Waals surface area (Å²) in [6.45, 7) is 3.94. The Morgan fingerprint density at radius 2 is 1.90 bits per heavy atom. The number of hydrogen-bond acceptors (Lipinski definition) is 3. The SMILES string of the molecule is Cc1c(NC(=O)C2CCC(C)CC2)c(C(=O)O)nn1C. The van der Waals surface area contributed by atoms with Crippen molar-refractivity contribution in [3.8, 4) is 0 Å². The fourth-order valence-corrected chi connectivity index (χ4v) is 2.66. The number of nitrogens with zero attached hydrogens (tertiary/aromatic N) is 2. The summed E-state index contributed by atoms with van der Waals surface area (Å²) in [6.07, 6.45) is 3.84. The molecule has 0 radical (unpaired) electrons. The minimum Gasteiger partial charge on any atom is -0.476 e. The first-order chi connectivity index (χ1) is 9.40. The lowest BCUT2D eigenvalue weighted by Gasteiger charge is -2.25. The predicted molar refractivity (Wildman–Crippen MR) is 74.7 cm³/mol. The van der Waals surface area contributed by atoms with Gasteiger partial charge in [-0.25, -0.2) is 4.79 Å². The number of anilines is 1. The zero-order valence-corrected chi connectivity index (χ0v) is 12.1. The Morgan fingerprint density at radius 3 is 2.45 bits per heavy atom. The molecule has 1 heterocycles. The van der Waals surface area contributed by atoms with E-state index in [1.54, 1.807) is 14.0 Å². The second kappa shape index (κ2) is 5.64. The summed E-state index contributed by atoms with van der Waals surface area (Å²) in [7, 11) is 1.67. The van der Waals surface area contributed by atoms with Crippen LogP contribution < -0.4 is 5.32 Å². The van der Waals surface area contributed by atoms with E-state index in [2.05, 4.69) is 17.3 Å². The number of aromatic nitrogens is 2. The molecule has 0 unspecified atom stereocenters. The van der Waals surface area contributed by atoms with Crippen LogP contribution in [0.15, 0.2) is 0 Å². The molecule has 1 aromatic rings. The molecule has 110 valence electrons. The number of hydrogen-bond donors (Lipinski definition) is 2. The van der Waals surface area contributed by atoms with Crippen LogP contribution in [0.1, 0.15) is 48.8 Å². The van der Waals surface area contributed by atoms with E-state index in [1.807, 2.05) is 0 Å². The zero-order chi connectivity index (χ0) is 14.9. The molecule has 1 fully saturated rings. The number of carboxylic acids is 1.